The summed E-state index contributed by atoms with van der Waals surface area (Å²) in [7, 11) is 0. The van der Waals surface area contributed by atoms with Gasteiger partial charge in [-0.3, -0.25) is 0 Å². The van der Waals surface area contributed by atoms with Crippen molar-refractivity contribution in [3.05, 3.63) is 32.2 Å². The van der Waals surface area contributed by atoms with Crippen molar-refractivity contribution in [2.45, 2.75) is 52.4 Å². The average Bonchev–Trinajstić information content (AvgIpc) is 3.18. The highest BCUT2D eigenvalue weighted by atomic mass is 32.1. The van der Waals surface area contributed by atoms with Crippen LogP contribution in [-0.2, 0) is 24.7 Å². The van der Waals surface area contributed by atoms with Gasteiger partial charge in [-0.1, -0.05) is 20.8 Å². The van der Waals surface area contributed by atoms with E-state index in [1.165, 1.54) is 0 Å². The van der Waals surface area contributed by atoms with Gasteiger partial charge in [0.2, 0.25) is 0 Å². The molecular formula is C16H22F3N5S2. The molecule has 2 aromatic heterocycles. The fourth-order valence-electron chi connectivity index (χ4n) is 1.90. The van der Waals surface area contributed by atoms with Gasteiger partial charge in [-0.2, -0.15) is 13.2 Å². The van der Waals surface area contributed by atoms with E-state index < -0.39 is 11.9 Å². The predicted octanol–water partition coefficient (Wildman–Crippen LogP) is 4.17. The van der Waals surface area contributed by atoms with E-state index in [0.29, 0.717) is 24.1 Å². The van der Waals surface area contributed by atoms with Crippen LogP contribution >= 0.6 is 22.7 Å². The van der Waals surface area contributed by atoms with E-state index in [1.807, 2.05) is 12.3 Å². The molecule has 0 saturated carbocycles. The van der Waals surface area contributed by atoms with E-state index in [0.717, 1.165) is 27.4 Å². The second kappa shape index (κ2) is 8.34. The molecule has 0 atom stereocenters. The molecule has 0 fully saturated rings. The number of nitrogens with one attached hydrogen (secondary N) is 2. The number of thiazole rings is 2. The fourth-order valence-corrected chi connectivity index (χ4v) is 3.58. The van der Waals surface area contributed by atoms with Crippen molar-refractivity contribution < 1.29 is 13.2 Å². The lowest BCUT2D eigenvalue weighted by Gasteiger charge is -2.14. The number of aromatic nitrogens is 2. The van der Waals surface area contributed by atoms with Crippen LogP contribution in [0, 0.1) is 0 Å². The number of guanidine groups is 1. The molecule has 0 unspecified atom stereocenters. The van der Waals surface area contributed by atoms with Crippen LogP contribution in [0.2, 0.25) is 0 Å². The Morgan fingerprint density at radius 2 is 1.65 bits per heavy atom. The minimum Gasteiger partial charge on any atom is -0.357 e. The SMILES string of the molecule is CCNC(=NCc1nc(C(F)(F)F)cs1)NCc1nc(C(C)(C)C)cs1. The van der Waals surface area contributed by atoms with Crippen molar-refractivity contribution in [3.8, 4) is 0 Å². The fraction of sp³-hybridized carbons (Fsp3) is 0.562. The van der Waals surface area contributed by atoms with Gasteiger partial charge in [0.25, 0.3) is 0 Å². The van der Waals surface area contributed by atoms with Crippen LogP contribution in [0.5, 0.6) is 0 Å². The minimum atomic E-state index is -4.42. The van der Waals surface area contributed by atoms with Gasteiger partial charge >= 0.3 is 6.18 Å². The standard InChI is InChI=1S/C16H22F3N5S2/c1-5-20-14(21-6-12-23-10(8-25-12)15(2,3)4)22-7-13-24-11(9-26-13)16(17,18)19/h8-9H,5-7H2,1-4H3,(H2,20,21,22). The maximum Gasteiger partial charge on any atom is 0.434 e. The molecule has 2 rings (SSSR count). The van der Waals surface area contributed by atoms with Gasteiger partial charge < -0.3 is 10.6 Å². The number of aliphatic imine (C=N–C) groups is 1. The summed E-state index contributed by atoms with van der Waals surface area (Å²) in [5.41, 5.74) is 0.154. The topological polar surface area (TPSA) is 62.2 Å². The monoisotopic (exact) mass is 405 g/mol. The smallest absolute Gasteiger partial charge is 0.357 e. The van der Waals surface area contributed by atoms with Gasteiger partial charge in [0.05, 0.1) is 18.8 Å². The largest absolute Gasteiger partial charge is 0.434 e. The highest BCUT2D eigenvalue weighted by Gasteiger charge is 2.33. The van der Waals surface area contributed by atoms with Crippen LogP contribution in [-0.4, -0.2) is 22.5 Å². The normalized spacial score (nSPS) is 13.1. The Morgan fingerprint density at radius 3 is 2.19 bits per heavy atom. The van der Waals surface area contributed by atoms with Crippen LogP contribution in [0.15, 0.2) is 15.8 Å². The van der Waals surface area contributed by atoms with E-state index in [4.69, 9.17) is 0 Å². The van der Waals surface area contributed by atoms with E-state index in [-0.39, 0.29) is 12.0 Å². The lowest BCUT2D eigenvalue weighted by Crippen LogP contribution is -2.36. The molecule has 0 amide bonds. The first-order valence-electron chi connectivity index (χ1n) is 8.08. The summed E-state index contributed by atoms with van der Waals surface area (Å²) in [6.07, 6.45) is -4.42. The lowest BCUT2D eigenvalue weighted by atomic mass is 9.93. The van der Waals surface area contributed by atoms with Crippen molar-refractivity contribution in [2.75, 3.05) is 6.54 Å². The summed E-state index contributed by atoms with van der Waals surface area (Å²) in [6.45, 7) is 9.46. The summed E-state index contributed by atoms with van der Waals surface area (Å²) in [5, 5.41) is 10.5. The van der Waals surface area contributed by atoms with Crippen molar-refractivity contribution in [1.82, 2.24) is 20.6 Å². The number of hydrogen-bond donors (Lipinski definition) is 2. The van der Waals surface area contributed by atoms with Gasteiger partial charge in [0, 0.05) is 22.7 Å². The zero-order valence-electron chi connectivity index (χ0n) is 15.1. The first kappa shape index (κ1) is 20.6. The number of alkyl halides is 3. The molecule has 0 aliphatic rings. The Balaban J connectivity index is 1.98. The Labute approximate surface area is 158 Å². The third kappa shape index (κ3) is 5.94. The summed E-state index contributed by atoms with van der Waals surface area (Å²) in [6, 6.07) is 0. The van der Waals surface area contributed by atoms with Crippen LogP contribution in [0.25, 0.3) is 0 Å². The van der Waals surface area contributed by atoms with Crippen molar-refractivity contribution in [3.63, 3.8) is 0 Å². The third-order valence-electron chi connectivity index (χ3n) is 3.29. The van der Waals surface area contributed by atoms with Crippen LogP contribution in [0.3, 0.4) is 0 Å². The van der Waals surface area contributed by atoms with Crippen molar-refractivity contribution in [2.24, 2.45) is 4.99 Å². The Hall–Kier alpha value is -1.68. The Bertz CT molecular complexity index is 744. The summed E-state index contributed by atoms with van der Waals surface area (Å²) in [4.78, 5) is 12.5. The number of rotatable bonds is 5. The molecule has 0 saturated heterocycles. The second-order valence-corrected chi connectivity index (χ2v) is 8.43. The molecule has 2 N–H and O–H groups in total. The van der Waals surface area contributed by atoms with Crippen LogP contribution < -0.4 is 10.6 Å². The molecule has 0 bridgehead atoms. The molecule has 26 heavy (non-hydrogen) atoms. The van der Waals surface area contributed by atoms with E-state index in [1.54, 1.807) is 11.3 Å². The molecule has 10 heteroatoms. The van der Waals surface area contributed by atoms with Gasteiger partial charge in [-0.05, 0) is 6.92 Å². The molecule has 2 heterocycles. The molecule has 0 aliphatic carbocycles. The zero-order valence-corrected chi connectivity index (χ0v) is 16.7. The van der Waals surface area contributed by atoms with E-state index >= 15 is 0 Å². The summed E-state index contributed by atoms with van der Waals surface area (Å²) in [5.74, 6) is 0.517. The van der Waals surface area contributed by atoms with Gasteiger partial charge in [-0.15, -0.1) is 22.7 Å². The molecule has 0 spiro atoms. The lowest BCUT2D eigenvalue weighted by molar-refractivity contribution is -0.140. The average molecular weight is 406 g/mol. The Kier molecular flexibility index (Phi) is 6.62. The quantitative estimate of drug-likeness (QED) is 0.579. The molecule has 0 aliphatic heterocycles. The van der Waals surface area contributed by atoms with Crippen LogP contribution in [0.1, 0.15) is 49.1 Å². The summed E-state index contributed by atoms with van der Waals surface area (Å²) >= 11 is 2.52. The highest BCUT2D eigenvalue weighted by molar-refractivity contribution is 7.09. The molecule has 144 valence electrons. The number of nitrogens with zero attached hydrogens (tertiary/aromatic N) is 3. The van der Waals surface area contributed by atoms with E-state index in [2.05, 4.69) is 46.4 Å². The third-order valence-corrected chi connectivity index (χ3v) is 4.97. The first-order chi connectivity index (χ1) is 12.1. The molecule has 5 nitrogen and oxygen atoms in total. The van der Waals surface area contributed by atoms with E-state index in [9.17, 15) is 13.2 Å². The van der Waals surface area contributed by atoms with Crippen molar-refractivity contribution in [1.29, 1.82) is 0 Å². The molecule has 0 aromatic carbocycles. The second-order valence-electron chi connectivity index (χ2n) is 6.55. The molecule has 0 radical (unpaired) electrons. The number of hydrogen-bond acceptors (Lipinski definition) is 5. The molecular weight excluding hydrogens is 383 g/mol. The first-order valence-corrected chi connectivity index (χ1v) is 9.84. The predicted molar refractivity (Wildman–Crippen MR) is 99.6 cm³/mol. The maximum atomic E-state index is 12.6. The van der Waals surface area contributed by atoms with Gasteiger partial charge in [-0.25, -0.2) is 15.0 Å². The Morgan fingerprint density at radius 1 is 1.04 bits per heavy atom. The zero-order chi connectivity index (χ0) is 19.4. The van der Waals surface area contributed by atoms with Crippen molar-refractivity contribution >= 4 is 28.6 Å². The highest BCUT2D eigenvalue weighted by Crippen LogP contribution is 2.30. The molecule has 2 aromatic rings. The number of halogens is 3. The summed E-state index contributed by atoms with van der Waals surface area (Å²) < 4.78 is 37.8. The maximum absolute atomic E-state index is 12.6. The van der Waals surface area contributed by atoms with Gasteiger partial charge in [0.1, 0.15) is 10.0 Å². The van der Waals surface area contributed by atoms with Crippen LogP contribution in [0.4, 0.5) is 13.2 Å². The minimum absolute atomic E-state index is 0.00559. The van der Waals surface area contributed by atoms with Gasteiger partial charge in [0.15, 0.2) is 11.7 Å².